The van der Waals surface area contributed by atoms with E-state index in [1.807, 2.05) is 42.5 Å². The molecule has 0 unspecified atom stereocenters. The lowest BCUT2D eigenvalue weighted by Gasteiger charge is -2.28. The van der Waals surface area contributed by atoms with Gasteiger partial charge in [0.15, 0.2) is 5.11 Å². The van der Waals surface area contributed by atoms with Gasteiger partial charge in [-0.05, 0) is 68.4 Å². The predicted molar refractivity (Wildman–Crippen MR) is 134 cm³/mol. The molecule has 0 bridgehead atoms. The Hall–Kier alpha value is -2.90. The number of rotatable bonds is 7. The van der Waals surface area contributed by atoms with Crippen molar-refractivity contribution in [1.29, 1.82) is 0 Å². The van der Waals surface area contributed by atoms with E-state index in [0.29, 0.717) is 29.5 Å². The zero-order valence-corrected chi connectivity index (χ0v) is 20.5. The van der Waals surface area contributed by atoms with Gasteiger partial charge in [-0.25, -0.2) is 0 Å². The second-order valence-electron chi connectivity index (χ2n) is 8.11. The Bertz CT molecular complexity index is 1160. The third-order valence-corrected chi connectivity index (χ3v) is 6.76. The number of thiocarbonyl (C=S) groups is 1. The van der Waals surface area contributed by atoms with Crippen molar-refractivity contribution in [3.63, 3.8) is 0 Å². The first-order valence-electron chi connectivity index (χ1n) is 10.9. The zero-order chi connectivity index (χ0) is 23.5. The van der Waals surface area contributed by atoms with Gasteiger partial charge in [-0.15, -0.1) is 0 Å². The van der Waals surface area contributed by atoms with E-state index in [0.717, 1.165) is 28.3 Å². The fourth-order valence-corrected chi connectivity index (χ4v) is 5.12. The number of methoxy groups -OCH3 is 1. The lowest BCUT2D eigenvalue weighted by molar-refractivity contribution is -0.140. The molecule has 2 aromatic heterocycles. The highest BCUT2D eigenvalue weighted by Gasteiger charge is 2.41. The molecule has 0 saturated carbocycles. The first-order chi connectivity index (χ1) is 15.9. The number of benzene rings is 1. The van der Waals surface area contributed by atoms with Crippen LogP contribution in [0.15, 0.2) is 54.7 Å². The molecule has 1 saturated heterocycles. The van der Waals surface area contributed by atoms with Crippen LogP contribution >= 0.6 is 23.8 Å². The van der Waals surface area contributed by atoms with Crippen LogP contribution in [0.1, 0.15) is 47.6 Å². The smallest absolute Gasteiger partial charge is 0.305 e. The Kier molecular flexibility index (Phi) is 7.00. The average molecular weight is 483 g/mol. The third-order valence-electron chi connectivity index (χ3n) is 6.09. The predicted octanol–water partition coefficient (Wildman–Crippen LogP) is 5.07. The number of halogens is 1. The van der Waals surface area contributed by atoms with E-state index >= 15 is 0 Å². The van der Waals surface area contributed by atoms with Gasteiger partial charge in [0.1, 0.15) is 0 Å². The summed E-state index contributed by atoms with van der Waals surface area (Å²) in [5.41, 5.74) is 5.19. The van der Waals surface area contributed by atoms with Gasteiger partial charge in [0.2, 0.25) is 0 Å². The zero-order valence-electron chi connectivity index (χ0n) is 18.9. The number of hydrogen-bond acceptors (Lipinski definition) is 4. The molecule has 6 nitrogen and oxygen atoms in total. The van der Waals surface area contributed by atoms with Crippen LogP contribution in [-0.4, -0.2) is 39.2 Å². The number of carbonyl (C=O) groups is 1. The number of pyridine rings is 1. The van der Waals surface area contributed by atoms with Crippen LogP contribution in [0.25, 0.3) is 5.69 Å². The normalized spacial score (nSPS) is 17.8. The van der Waals surface area contributed by atoms with Crippen LogP contribution in [0.5, 0.6) is 0 Å². The SMILES string of the molecule is COC(=O)CCCN1C(=S)N[C@H](c2ccccn2)[C@H]1c1cc(C)n(-c2ccccc2Cl)c1C. The number of aryl methyl sites for hydroxylation is 1. The van der Waals surface area contributed by atoms with E-state index in [9.17, 15) is 4.79 Å². The van der Waals surface area contributed by atoms with E-state index in [4.69, 9.17) is 28.6 Å². The van der Waals surface area contributed by atoms with Gasteiger partial charge >= 0.3 is 5.97 Å². The maximum atomic E-state index is 11.7. The van der Waals surface area contributed by atoms with E-state index in [-0.39, 0.29) is 18.1 Å². The van der Waals surface area contributed by atoms with Gasteiger partial charge in [-0.2, -0.15) is 0 Å². The molecule has 172 valence electrons. The number of esters is 1. The summed E-state index contributed by atoms with van der Waals surface area (Å²) in [6, 6.07) is 15.7. The molecule has 1 N–H and O–H groups in total. The van der Waals surface area contributed by atoms with E-state index < -0.39 is 0 Å². The van der Waals surface area contributed by atoms with Crippen molar-refractivity contribution in [1.82, 2.24) is 19.8 Å². The second-order valence-corrected chi connectivity index (χ2v) is 8.91. The molecule has 0 amide bonds. The van der Waals surface area contributed by atoms with Crippen molar-refractivity contribution < 1.29 is 9.53 Å². The summed E-state index contributed by atoms with van der Waals surface area (Å²) in [5, 5.41) is 4.82. The average Bonchev–Trinajstić information content (AvgIpc) is 3.30. The molecular formula is C25H27ClN4O2S. The molecular weight excluding hydrogens is 456 g/mol. The lowest BCUT2D eigenvalue weighted by Crippen LogP contribution is -2.31. The van der Waals surface area contributed by atoms with Crippen molar-refractivity contribution in [3.05, 3.63) is 82.4 Å². The highest BCUT2D eigenvalue weighted by molar-refractivity contribution is 7.80. The highest BCUT2D eigenvalue weighted by atomic mass is 35.5. The summed E-state index contributed by atoms with van der Waals surface area (Å²) in [4.78, 5) is 18.5. The van der Waals surface area contributed by atoms with E-state index in [2.05, 4.69) is 39.7 Å². The number of carbonyl (C=O) groups excluding carboxylic acids is 1. The quantitative estimate of drug-likeness (QED) is 0.375. The van der Waals surface area contributed by atoms with Crippen molar-refractivity contribution in [2.45, 2.75) is 38.8 Å². The summed E-state index contributed by atoms with van der Waals surface area (Å²) >= 11 is 12.3. The Morgan fingerprint density at radius 1 is 1.21 bits per heavy atom. The Morgan fingerprint density at radius 2 is 1.97 bits per heavy atom. The second kappa shape index (κ2) is 9.93. The summed E-state index contributed by atoms with van der Waals surface area (Å²) in [7, 11) is 1.41. The molecule has 4 rings (SSSR count). The van der Waals surface area contributed by atoms with Crippen LogP contribution in [-0.2, 0) is 9.53 Å². The number of hydrogen-bond donors (Lipinski definition) is 1. The summed E-state index contributed by atoms with van der Waals surface area (Å²) in [6.45, 7) is 4.82. The molecule has 1 fully saturated rings. The lowest BCUT2D eigenvalue weighted by atomic mass is 9.96. The summed E-state index contributed by atoms with van der Waals surface area (Å²) in [6.07, 6.45) is 2.78. The molecule has 3 heterocycles. The molecule has 33 heavy (non-hydrogen) atoms. The number of aromatic nitrogens is 2. The van der Waals surface area contributed by atoms with Crippen LogP contribution in [0, 0.1) is 13.8 Å². The fraction of sp³-hybridized carbons (Fsp3) is 0.320. The summed E-state index contributed by atoms with van der Waals surface area (Å²) in [5.74, 6) is -0.220. The molecule has 1 aliphatic heterocycles. The molecule has 1 aliphatic rings. The molecule has 8 heteroatoms. The van der Waals surface area contributed by atoms with Gasteiger partial charge in [-0.3, -0.25) is 9.78 Å². The number of ether oxygens (including phenoxy) is 1. The Balaban J connectivity index is 1.76. The minimum atomic E-state index is -0.220. The first kappa shape index (κ1) is 23.3. The molecule has 3 aromatic rings. The minimum absolute atomic E-state index is 0.0764. The molecule has 0 spiro atoms. The van der Waals surface area contributed by atoms with Gasteiger partial charge in [0.05, 0.1) is 35.6 Å². The van der Waals surface area contributed by atoms with Crippen molar-refractivity contribution >= 4 is 34.9 Å². The van der Waals surface area contributed by atoms with Crippen LogP contribution in [0.4, 0.5) is 0 Å². The maximum Gasteiger partial charge on any atom is 0.305 e. The third kappa shape index (κ3) is 4.61. The maximum absolute atomic E-state index is 11.7. The number of nitrogens with zero attached hydrogens (tertiary/aromatic N) is 3. The Labute approximate surface area is 204 Å². The minimum Gasteiger partial charge on any atom is -0.469 e. The largest absolute Gasteiger partial charge is 0.469 e. The van der Waals surface area contributed by atoms with Crippen molar-refractivity contribution in [3.8, 4) is 5.69 Å². The van der Waals surface area contributed by atoms with Gasteiger partial charge in [0.25, 0.3) is 0 Å². The fourth-order valence-electron chi connectivity index (χ4n) is 4.57. The van der Waals surface area contributed by atoms with Gasteiger partial charge in [0, 0.05) is 30.6 Å². The number of nitrogens with one attached hydrogen (secondary N) is 1. The topological polar surface area (TPSA) is 59.4 Å². The van der Waals surface area contributed by atoms with E-state index in [1.54, 1.807) is 6.20 Å². The van der Waals surface area contributed by atoms with Gasteiger partial charge < -0.3 is 19.5 Å². The van der Waals surface area contributed by atoms with Crippen LogP contribution in [0.2, 0.25) is 5.02 Å². The standard InChI is InChI=1S/C25H27ClN4O2S/c1-16-15-18(17(2)30(16)21-11-5-4-9-19(21)26)24-23(20-10-6-7-13-27-20)28-25(33)29(24)14-8-12-22(31)32-3/h4-7,9-11,13,15,23-24H,8,12,14H2,1-3H3,(H,28,33)/t23-,24-/m1/s1. The monoisotopic (exact) mass is 482 g/mol. The first-order valence-corrected chi connectivity index (χ1v) is 11.7. The van der Waals surface area contributed by atoms with Crippen LogP contribution < -0.4 is 5.32 Å². The van der Waals surface area contributed by atoms with Crippen LogP contribution in [0.3, 0.4) is 0 Å². The molecule has 1 aromatic carbocycles. The Morgan fingerprint density at radius 3 is 2.67 bits per heavy atom. The van der Waals surface area contributed by atoms with E-state index in [1.165, 1.54) is 7.11 Å². The summed E-state index contributed by atoms with van der Waals surface area (Å²) < 4.78 is 6.99. The van der Waals surface area contributed by atoms with Crippen molar-refractivity contribution in [2.75, 3.05) is 13.7 Å². The van der Waals surface area contributed by atoms with Crippen molar-refractivity contribution in [2.24, 2.45) is 0 Å². The van der Waals surface area contributed by atoms with Gasteiger partial charge in [-0.1, -0.05) is 29.8 Å². The number of para-hydroxylation sites is 1. The highest BCUT2D eigenvalue weighted by Crippen LogP contribution is 2.41. The molecule has 0 radical (unpaired) electrons. The molecule has 0 aliphatic carbocycles. The molecule has 2 atom stereocenters.